The summed E-state index contributed by atoms with van der Waals surface area (Å²) in [6.45, 7) is 7.48. The van der Waals surface area contributed by atoms with Gasteiger partial charge in [-0.05, 0) is 52.0 Å². The average Bonchev–Trinajstić information content (AvgIpc) is 3.26. The van der Waals surface area contributed by atoms with E-state index in [2.05, 4.69) is 10.2 Å². The normalized spacial score (nSPS) is 35.5. The van der Waals surface area contributed by atoms with Crippen LogP contribution in [0.15, 0.2) is 30.3 Å². The molecule has 1 N–H and O–H groups in total. The first-order chi connectivity index (χ1) is 13.2. The van der Waals surface area contributed by atoms with Crippen LogP contribution in [0.1, 0.15) is 39.6 Å². The molecule has 2 aromatic rings. The predicted molar refractivity (Wildman–Crippen MR) is 100 cm³/mol. The average molecular weight is 405 g/mol. The van der Waals surface area contributed by atoms with Crippen LogP contribution < -0.4 is 0 Å². The number of ether oxygens (including phenoxy) is 5. The molecule has 0 amide bonds. The second-order valence-corrected chi connectivity index (χ2v) is 8.53. The number of hydrogen-bond donors (Lipinski definition) is 1. The zero-order valence-corrected chi connectivity index (χ0v) is 16.9. The summed E-state index contributed by atoms with van der Waals surface area (Å²) in [5, 5.41) is 7.34. The zero-order valence-electron chi connectivity index (χ0n) is 16.1. The Kier molecular flexibility index (Phi) is 4.07. The lowest BCUT2D eigenvalue weighted by Gasteiger charge is -2.36. The smallest absolute Gasteiger partial charge is 0.199 e. The van der Waals surface area contributed by atoms with Crippen LogP contribution >= 0.6 is 12.2 Å². The van der Waals surface area contributed by atoms with E-state index < -0.39 is 30.1 Å². The fourth-order valence-corrected chi connectivity index (χ4v) is 4.39. The quantitative estimate of drug-likeness (QED) is 0.770. The fourth-order valence-electron chi connectivity index (χ4n) is 4.15. The third-order valence-electron chi connectivity index (χ3n) is 5.12. The van der Waals surface area contributed by atoms with Gasteiger partial charge in [0.15, 0.2) is 28.5 Å². The Labute approximate surface area is 167 Å². The summed E-state index contributed by atoms with van der Waals surface area (Å²) < 4.78 is 33.1. The van der Waals surface area contributed by atoms with Crippen molar-refractivity contribution in [3.05, 3.63) is 40.9 Å². The molecular formula is C19H23N3O5S. The molecule has 3 aliphatic heterocycles. The molecule has 150 valence electrons. The summed E-state index contributed by atoms with van der Waals surface area (Å²) in [6.07, 6.45) is -2.28. The van der Waals surface area contributed by atoms with E-state index >= 15 is 0 Å². The number of nitrogens with one attached hydrogen (secondary N) is 1. The number of H-pyrrole nitrogens is 1. The summed E-state index contributed by atoms with van der Waals surface area (Å²) in [4.78, 5) is 0. The van der Waals surface area contributed by atoms with Gasteiger partial charge in [-0.3, -0.25) is 9.67 Å². The second-order valence-electron chi connectivity index (χ2n) is 8.15. The van der Waals surface area contributed by atoms with Crippen molar-refractivity contribution in [2.75, 3.05) is 0 Å². The van der Waals surface area contributed by atoms with E-state index in [-0.39, 0.29) is 12.2 Å². The van der Waals surface area contributed by atoms with Crippen molar-refractivity contribution in [2.24, 2.45) is 0 Å². The van der Waals surface area contributed by atoms with Crippen molar-refractivity contribution in [2.45, 2.75) is 70.0 Å². The van der Waals surface area contributed by atoms with Crippen molar-refractivity contribution in [1.29, 1.82) is 0 Å². The zero-order chi connectivity index (χ0) is 19.7. The van der Waals surface area contributed by atoms with Gasteiger partial charge in [0.25, 0.3) is 0 Å². The third-order valence-corrected chi connectivity index (χ3v) is 5.40. The summed E-state index contributed by atoms with van der Waals surface area (Å²) in [5.41, 5.74) is 0.889. The summed E-state index contributed by atoms with van der Waals surface area (Å²) in [7, 11) is 0. The number of benzene rings is 1. The van der Waals surface area contributed by atoms with Crippen LogP contribution in [0.3, 0.4) is 0 Å². The lowest BCUT2D eigenvalue weighted by Crippen LogP contribution is -2.51. The molecule has 0 bridgehead atoms. The highest BCUT2D eigenvalue weighted by Gasteiger charge is 2.61. The van der Waals surface area contributed by atoms with Gasteiger partial charge < -0.3 is 23.7 Å². The van der Waals surface area contributed by atoms with Crippen molar-refractivity contribution in [1.82, 2.24) is 14.8 Å². The highest BCUT2D eigenvalue weighted by molar-refractivity contribution is 7.71. The largest absolute Gasteiger partial charge is 0.342 e. The minimum atomic E-state index is -0.771. The molecule has 8 nitrogen and oxygen atoms in total. The van der Waals surface area contributed by atoms with Crippen molar-refractivity contribution in [3.8, 4) is 5.69 Å². The Bertz CT molecular complexity index is 941. The number of rotatable bonds is 2. The van der Waals surface area contributed by atoms with Crippen LogP contribution in [0.2, 0.25) is 0 Å². The SMILES string of the molecule is CC1(C)OC2OC(c3n[nH]c(=S)n3-c3ccccc3)C3OC(C)(C)OC3C2O1. The maximum absolute atomic E-state index is 6.31. The summed E-state index contributed by atoms with van der Waals surface area (Å²) >= 11 is 5.48. The molecular weight excluding hydrogens is 382 g/mol. The Hall–Kier alpha value is -1.62. The number of aromatic amines is 1. The van der Waals surface area contributed by atoms with Crippen LogP contribution in [0.4, 0.5) is 0 Å². The molecule has 4 heterocycles. The molecule has 3 fully saturated rings. The summed E-state index contributed by atoms with van der Waals surface area (Å²) in [5.74, 6) is -0.930. The van der Waals surface area contributed by atoms with Gasteiger partial charge >= 0.3 is 0 Å². The van der Waals surface area contributed by atoms with E-state index in [1.807, 2.05) is 62.6 Å². The maximum Gasteiger partial charge on any atom is 0.199 e. The maximum atomic E-state index is 6.31. The number of nitrogens with zero attached hydrogens (tertiary/aromatic N) is 2. The third kappa shape index (κ3) is 2.94. The Balaban J connectivity index is 1.58. The van der Waals surface area contributed by atoms with Gasteiger partial charge in [0.05, 0.1) is 0 Å². The van der Waals surface area contributed by atoms with Crippen molar-refractivity contribution >= 4 is 12.2 Å². The highest BCUT2D eigenvalue weighted by Crippen LogP contribution is 2.48. The molecule has 3 saturated heterocycles. The van der Waals surface area contributed by atoms with E-state index in [4.69, 9.17) is 35.9 Å². The van der Waals surface area contributed by atoms with Crippen LogP contribution in [-0.2, 0) is 23.7 Å². The summed E-state index contributed by atoms with van der Waals surface area (Å²) in [6, 6.07) is 9.78. The molecule has 3 aliphatic rings. The standard InChI is InChI=1S/C19H23N3O5S/c1-18(2)24-11-12(25-18)14-16(27-19(3,4)26-14)23-13(11)15-20-21-17(28)22(15)10-8-6-5-7-9-10/h5-9,11-14,16H,1-4H3,(H,21,28). The topological polar surface area (TPSA) is 79.8 Å². The lowest BCUT2D eigenvalue weighted by atomic mass is 9.98. The molecule has 0 saturated carbocycles. The molecule has 1 aromatic carbocycles. The number of aromatic nitrogens is 3. The van der Waals surface area contributed by atoms with Gasteiger partial charge in [-0.15, -0.1) is 0 Å². The van der Waals surface area contributed by atoms with Crippen molar-refractivity contribution < 1.29 is 23.7 Å². The number of fused-ring (bicyclic) bond motifs is 3. The molecule has 5 atom stereocenters. The van der Waals surface area contributed by atoms with Crippen LogP contribution in [0.25, 0.3) is 5.69 Å². The van der Waals surface area contributed by atoms with Gasteiger partial charge in [-0.2, -0.15) is 5.10 Å². The molecule has 0 spiro atoms. The predicted octanol–water partition coefficient (Wildman–Crippen LogP) is 3.00. The van der Waals surface area contributed by atoms with Gasteiger partial charge in [0, 0.05) is 5.69 Å². The van der Waals surface area contributed by atoms with Gasteiger partial charge in [-0.1, -0.05) is 18.2 Å². The van der Waals surface area contributed by atoms with Gasteiger partial charge in [-0.25, -0.2) is 0 Å². The Morgan fingerprint density at radius 1 is 0.929 bits per heavy atom. The molecule has 5 unspecified atom stereocenters. The molecule has 5 rings (SSSR count). The molecule has 9 heteroatoms. The van der Waals surface area contributed by atoms with Crippen LogP contribution in [-0.4, -0.2) is 50.9 Å². The van der Waals surface area contributed by atoms with Crippen LogP contribution in [0, 0.1) is 4.77 Å². The molecule has 28 heavy (non-hydrogen) atoms. The van der Waals surface area contributed by atoms with E-state index in [1.54, 1.807) is 0 Å². The molecule has 0 aliphatic carbocycles. The van der Waals surface area contributed by atoms with E-state index in [9.17, 15) is 0 Å². The highest BCUT2D eigenvalue weighted by atomic mass is 32.1. The van der Waals surface area contributed by atoms with E-state index in [0.717, 1.165) is 5.69 Å². The van der Waals surface area contributed by atoms with Gasteiger partial charge in [0.2, 0.25) is 0 Å². The first kappa shape index (κ1) is 18.4. The Morgan fingerprint density at radius 3 is 2.32 bits per heavy atom. The van der Waals surface area contributed by atoms with Gasteiger partial charge in [0.1, 0.15) is 24.4 Å². The van der Waals surface area contributed by atoms with Crippen molar-refractivity contribution in [3.63, 3.8) is 0 Å². The monoisotopic (exact) mass is 405 g/mol. The molecule has 1 aromatic heterocycles. The minimum absolute atomic E-state index is 0.352. The van der Waals surface area contributed by atoms with E-state index in [1.165, 1.54) is 0 Å². The number of hydrogen-bond acceptors (Lipinski definition) is 7. The fraction of sp³-hybridized carbons (Fsp3) is 0.579. The second kappa shape index (κ2) is 6.19. The van der Waals surface area contributed by atoms with E-state index in [0.29, 0.717) is 10.6 Å². The first-order valence-electron chi connectivity index (χ1n) is 9.34. The number of para-hydroxylation sites is 1. The molecule has 0 radical (unpaired) electrons. The minimum Gasteiger partial charge on any atom is -0.342 e. The Morgan fingerprint density at radius 2 is 1.57 bits per heavy atom. The lowest BCUT2D eigenvalue weighted by molar-refractivity contribution is -0.238. The first-order valence-corrected chi connectivity index (χ1v) is 9.74. The van der Waals surface area contributed by atoms with Crippen LogP contribution in [0.5, 0.6) is 0 Å².